The van der Waals surface area contributed by atoms with E-state index in [9.17, 15) is 9.18 Å². The van der Waals surface area contributed by atoms with Crippen molar-refractivity contribution < 1.29 is 19.2 Å². The van der Waals surface area contributed by atoms with Crippen molar-refractivity contribution >= 4 is 24.3 Å². The van der Waals surface area contributed by atoms with Crippen LogP contribution in [0.25, 0.3) is 0 Å². The van der Waals surface area contributed by atoms with Gasteiger partial charge in [0.1, 0.15) is 5.82 Å². The van der Waals surface area contributed by atoms with Crippen LogP contribution in [0.1, 0.15) is 0 Å². The predicted octanol–water partition coefficient (Wildman–Crippen LogP) is -0.187. The lowest BCUT2D eigenvalue weighted by Crippen LogP contribution is -2.35. The van der Waals surface area contributed by atoms with E-state index in [1.807, 2.05) is 0 Å². The van der Waals surface area contributed by atoms with Crippen LogP contribution in [-0.2, 0) is 0 Å². The largest absolute Gasteiger partial charge is 0.491 e. The molecule has 0 bridgehead atoms. The molecule has 17 heavy (non-hydrogen) atoms. The fourth-order valence-corrected chi connectivity index (χ4v) is 1.18. The molecule has 0 fully saturated rings. The van der Waals surface area contributed by atoms with E-state index < -0.39 is 19.0 Å². The number of rotatable bonds is 4. The summed E-state index contributed by atoms with van der Waals surface area (Å²) in [6.45, 7) is 3.66. The van der Waals surface area contributed by atoms with Crippen molar-refractivity contribution in [2.45, 2.75) is 0 Å². The van der Waals surface area contributed by atoms with Crippen LogP contribution in [0.5, 0.6) is 0 Å². The average Bonchev–Trinajstić information content (AvgIpc) is 2.28. The van der Waals surface area contributed by atoms with E-state index >= 15 is 0 Å². The van der Waals surface area contributed by atoms with Gasteiger partial charge in [-0.25, -0.2) is 9.18 Å². The van der Waals surface area contributed by atoms with Crippen LogP contribution in [0.2, 0.25) is 0 Å². The first-order chi connectivity index (χ1) is 8.06. The van der Waals surface area contributed by atoms with Crippen LogP contribution in [0.4, 0.5) is 14.9 Å². The average molecular weight is 238 g/mol. The SMILES string of the molecule is C=CCNC(=O)Nc1cccc(B(O)O)c1F. The molecule has 0 radical (unpaired) electrons. The summed E-state index contributed by atoms with van der Waals surface area (Å²) < 4.78 is 13.6. The summed E-state index contributed by atoms with van der Waals surface area (Å²) in [5.41, 5.74) is -0.427. The smallest absolute Gasteiger partial charge is 0.423 e. The molecule has 0 unspecified atom stereocenters. The lowest BCUT2D eigenvalue weighted by atomic mass is 9.79. The molecular formula is C10H12BFN2O3. The van der Waals surface area contributed by atoms with Crippen molar-refractivity contribution in [2.75, 3.05) is 11.9 Å². The zero-order valence-corrected chi connectivity index (χ0v) is 8.98. The molecule has 0 aliphatic rings. The van der Waals surface area contributed by atoms with E-state index in [1.54, 1.807) is 0 Å². The molecule has 0 aliphatic heterocycles. The van der Waals surface area contributed by atoms with Crippen LogP contribution in [-0.4, -0.2) is 29.7 Å². The van der Waals surface area contributed by atoms with Crippen molar-refractivity contribution in [2.24, 2.45) is 0 Å². The Morgan fingerprint density at radius 1 is 1.53 bits per heavy atom. The van der Waals surface area contributed by atoms with Gasteiger partial charge in [0, 0.05) is 12.0 Å². The maximum atomic E-state index is 13.6. The number of carbonyl (C=O) groups is 1. The molecule has 5 nitrogen and oxygen atoms in total. The summed E-state index contributed by atoms with van der Waals surface area (Å²) >= 11 is 0. The molecule has 0 saturated heterocycles. The van der Waals surface area contributed by atoms with Gasteiger partial charge in [0.2, 0.25) is 0 Å². The monoisotopic (exact) mass is 238 g/mol. The highest BCUT2D eigenvalue weighted by molar-refractivity contribution is 6.58. The summed E-state index contributed by atoms with van der Waals surface area (Å²) in [6, 6.07) is 3.33. The molecule has 0 atom stereocenters. The van der Waals surface area contributed by atoms with Gasteiger partial charge in [-0.15, -0.1) is 6.58 Å². The fraction of sp³-hybridized carbons (Fsp3) is 0.100. The summed E-state index contributed by atoms with van der Waals surface area (Å²) in [7, 11) is -1.92. The predicted molar refractivity (Wildman–Crippen MR) is 63.4 cm³/mol. The van der Waals surface area contributed by atoms with E-state index in [1.165, 1.54) is 24.3 Å². The molecule has 7 heteroatoms. The number of nitrogens with one attached hydrogen (secondary N) is 2. The second-order valence-corrected chi connectivity index (χ2v) is 3.21. The third kappa shape index (κ3) is 3.58. The molecule has 0 aliphatic carbocycles. The van der Waals surface area contributed by atoms with Gasteiger partial charge < -0.3 is 20.7 Å². The van der Waals surface area contributed by atoms with Gasteiger partial charge in [0.25, 0.3) is 0 Å². The Morgan fingerprint density at radius 2 is 2.24 bits per heavy atom. The molecule has 0 saturated carbocycles. The van der Waals surface area contributed by atoms with Crippen molar-refractivity contribution in [3.05, 3.63) is 36.7 Å². The first-order valence-electron chi connectivity index (χ1n) is 4.86. The van der Waals surface area contributed by atoms with Gasteiger partial charge in [-0.05, 0) is 6.07 Å². The molecule has 1 aromatic rings. The number of benzene rings is 1. The highest BCUT2D eigenvalue weighted by Gasteiger charge is 2.19. The second kappa shape index (κ2) is 6.02. The Morgan fingerprint density at radius 3 is 2.82 bits per heavy atom. The summed E-state index contributed by atoms with van der Waals surface area (Å²) in [5, 5.41) is 22.4. The first-order valence-corrected chi connectivity index (χ1v) is 4.86. The van der Waals surface area contributed by atoms with Crippen LogP contribution < -0.4 is 16.1 Å². The Bertz CT molecular complexity index is 426. The molecule has 0 aromatic heterocycles. The minimum Gasteiger partial charge on any atom is -0.423 e. The second-order valence-electron chi connectivity index (χ2n) is 3.21. The van der Waals surface area contributed by atoms with E-state index in [2.05, 4.69) is 17.2 Å². The third-order valence-corrected chi connectivity index (χ3v) is 1.96. The van der Waals surface area contributed by atoms with Crippen molar-refractivity contribution in [1.29, 1.82) is 0 Å². The van der Waals surface area contributed by atoms with Gasteiger partial charge >= 0.3 is 13.1 Å². The molecule has 90 valence electrons. The maximum absolute atomic E-state index is 13.6. The molecule has 0 spiro atoms. The Balaban J connectivity index is 2.81. The topological polar surface area (TPSA) is 81.6 Å². The van der Waals surface area contributed by atoms with Crippen molar-refractivity contribution in [1.82, 2.24) is 5.32 Å². The number of urea groups is 1. The first kappa shape index (κ1) is 13.2. The zero-order chi connectivity index (χ0) is 12.8. The van der Waals surface area contributed by atoms with Gasteiger partial charge in [-0.2, -0.15) is 0 Å². The van der Waals surface area contributed by atoms with E-state index in [-0.39, 0.29) is 17.7 Å². The number of halogens is 1. The van der Waals surface area contributed by atoms with Gasteiger partial charge in [-0.1, -0.05) is 18.2 Å². The Hall–Kier alpha value is -1.86. The molecule has 1 aromatic carbocycles. The standard InChI is InChI=1S/C10H12BFN2O3/c1-2-6-13-10(15)14-8-5-3-4-7(9(8)12)11(16)17/h2-5,16-17H,1,6H2,(H2,13,14,15). The number of anilines is 1. The Kier molecular flexibility index (Phi) is 4.68. The quantitative estimate of drug-likeness (QED) is 0.433. The minimum atomic E-state index is -1.92. The number of hydrogen-bond donors (Lipinski definition) is 4. The minimum absolute atomic E-state index is 0.128. The number of carbonyl (C=O) groups excluding carboxylic acids is 1. The zero-order valence-electron chi connectivity index (χ0n) is 8.98. The number of amides is 2. The summed E-state index contributed by atoms with van der Waals surface area (Å²) in [4.78, 5) is 11.2. The summed E-state index contributed by atoms with van der Waals surface area (Å²) in [5.74, 6) is -0.878. The normalized spacial score (nSPS) is 9.59. The Labute approximate surface area is 98.1 Å². The third-order valence-electron chi connectivity index (χ3n) is 1.96. The molecule has 0 heterocycles. The summed E-state index contributed by atoms with van der Waals surface area (Å²) in [6.07, 6.45) is 1.48. The molecular weight excluding hydrogens is 226 g/mol. The van der Waals surface area contributed by atoms with Crippen molar-refractivity contribution in [3.8, 4) is 0 Å². The molecule has 2 amide bonds. The highest BCUT2D eigenvalue weighted by Crippen LogP contribution is 2.10. The molecule has 4 N–H and O–H groups in total. The van der Waals surface area contributed by atoms with Gasteiger partial charge in [-0.3, -0.25) is 0 Å². The van der Waals surface area contributed by atoms with Crippen molar-refractivity contribution in [3.63, 3.8) is 0 Å². The lowest BCUT2D eigenvalue weighted by molar-refractivity contribution is 0.253. The number of hydrogen-bond acceptors (Lipinski definition) is 3. The lowest BCUT2D eigenvalue weighted by Gasteiger charge is -2.09. The maximum Gasteiger partial charge on any atom is 0.491 e. The highest BCUT2D eigenvalue weighted by atomic mass is 19.1. The van der Waals surface area contributed by atoms with Crippen LogP contribution in [0, 0.1) is 5.82 Å². The van der Waals surface area contributed by atoms with Crippen LogP contribution >= 0.6 is 0 Å². The fourth-order valence-electron chi connectivity index (χ4n) is 1.18. The van der Waals surface area contributed by atoms with E-state index in [0.717, 1.165) is 0 Å². The molecule has 1 rings (SSSR count). The van der Waals surface area contributed by atoms with Gasteiger partial charge in [0.15, 0.2) is 0 Å². The van der Waals surface area contributed by atoms with E-state index in [4.69, 9.17) is 10.0 Å². The van der Waals surface area contributed by atoms with Crippen LogP contribution in [0.3, 0.4) is 0 Å². The van der Waals surface area contributed by atoms with Crippen LogP contribution in [0.15, 0.2) is 30.9 Å². The van der Waals surface area contributed by atoms with Gasteiger partial charge in [0.05, 0.1) is 5.69 Å². The van der Waals surface area contributed by atoms with E-state index in [0.29, 0.717) is 0 Å².